The van der Waals surface area contributed by atoms with Crippen LogP contribution >= 0.6 is 7.82 Å². The topological polar surface area (TPSA) is 192 Å². The molecule has 400 valence electrons. The molecule has 1 saturated carbocycles. The van der Waals surface area contributed by atoms with E-state index >= 15 is 0 Å². The number of rotatable bonds is 44. The molecule has 0 aromatic rings. The van der Waals surface area contributed by atoms with E-state index in [0.29, 0.717) is 13.0 Å². The molecule has 0 saturated heterocycles. The van der Waals surface area contributed by atoms with Gasteiger partial charge in [0.1, 0.15) is 42.7 Å². The van der Waals surface area contributed by atoms with E-state index in [-0.39, 0.29) is 13.0 Å². The number of hydrogen-bond donors (Lipinski definition) is 6. The average molecular weight is 1000 g/mol. The Balaban J connectivity index is 2.35. The van der Waals surface area contributed by atoms with E-state index in [1.807, 2.05) is 0 Å². The van der Waals surface area contributed by atoms with Gasteiger partial charge in [-0.2, -0.15) is 0 Å². The maximum atomic E-state index is 12.9. The summed E-state index contributed by atoms with van der Waals surface area (Å²) in [5, 5.41) is 50.4. The predicted molar refractivity (Wildman–Crippen MR) is 285 cm³/mol. The molecule has 1 aliphatic carbocycles. The van der Waals surface area contributed by atoms with Crippen molar-refractivity contribution in [2.45, 2.75) is 224 Å². The summed E-state index contributed by atoms with van der Waals surface area (Å²) in [6.07, 6.45) is 52.9. The van der Waals surface area contributed by atoms with E-state index in [2.05, 4.69) is 123 Å². The first-order valence-electron chi connectivity index (χ1n) is 26.7. The van der Waals surface area contributed by atoms with E-state index < -0.39 is 63.1 Å². The summed E-state index contributed by atoms with van der Waals surface area (Å²) in [5.74, 6) is -0.497. The summed E-state index contributed by atoms with van der Waals surface area (Å²) in [6, 6.07) is 0. The first-order valence-corrected chi connectivity index (χ1v) is 28.2. The molecule has 0 bridgehead atoms. The predicted octanol–water partition coefficient (Wildman–Crippen LogP) is 12.4. The smallest absolute Gasteiger partial charge is 0.457 e. The first kappa shape index (κ1) is 65.0. The summed E-state index contributed by atoms with van der Waals surface area (Å²) in [6.45, 7) is 4.00. The van der Waals surface area contributed by atoms with Gasteiger partial charge in [-0.05, 0) is 96.3 Å². The molecular formula is C57H95O12P. The summed E-state index contributed by atoms with van der Waals surface area (Å²) < 4.78 is 34.3. The number of carbonyl (C=O) groups excluding carboxylic acids is 1. The zero-order valence-electron chi connectivity index (χ0n) is 43.0. The fourth-order valence-electron chi connectivity index (χ4n) is 7.49. The molecule has 12 nitrogen and oxygen atoms in total. The maximum Gasteiger partial charge on any atom is 0.472 e. The quantitative estimate of drug-likeness (QED) is 0.0147. The van der Waals surface area contributed by atoms with Crippen molar-refractivity contribution in [1.82, 2.24) is 0 Å². The number of esters is 1. The van der Waals surface area contributed by atoms with Crippen LogP contribution in [0.15, 0.2) is 109 Å². The number of phosphoric acid groups is 1. The number of aliphatic hydroxyl groups excluding tert-OH is 5. The van der Waals surface area contributed by atoms with Gasteiger partial charge in [0.2, 0.25) is 0 Å². The molecule has 70 heavy (non-hydrogen) atoms. The van der Waals surface area contributed by atoms with Crippen LogP contribution in [0.5, 0.6) is 0 Å². The average Bonchev–Trinajstić information content (AvgIpc) is 3.35. The van der Waals surface area contributed by atoms with Crippen LogP contribution in [0.4, 0.5) is 0 Å². The Morgan fingerprint density at radius 2 is 0.800 bits per heavy atom. The number of phosphoric ester groups is 1. The molecule has 13 heteroatoms. The Hall–Kier alpha value is -3.00. The zero-order valence-corrected chi connectivity index (χ0v) is 43.9. The number of carbonyl (C=O) groups is 1. The lowest BCUT2D eigenvalue weighted by Crippen LogP contribution is -2.64. The maximum absolute atomic E-state index is 12.9. The molecule has 1 fully saturated rings. The second-order valence-electron chi connectivity index (χ2n) is 18.0. The molecule has 1 aliphatic rings. The number of allylic oxidation sites excluding steroid dienone is 18. The van der Waals surface area contributed by atoms with Crippen molar-refractivity contribution in [1.29, 1.82) is 0 Å². The molecule has 0 aliphatic heterocycles. The number of hydrogen-bond acceptors (Lipinski definition) is 11. The Kier molecular flexibility index (Phi) is 42.6. The van der Waals surface area contributed by atoms with Crippen molar-refractivity contribution in [2.75, 3.05) is 19.8 Å². The number of unbranched alkanes of at least 4 members (excludes halogenated alkanes) is 14. The highest BCUT2D eigenvalue weighted by molar-refractivity contribution is 7.47. The Morgan fingerprint density at radius 1 is 0.457 bits per heavy atom. The molecule has 0 radical (unpaired) electrons. The van der Waals surface area contributed by atoms with E-state index in [9.17, 15) is 39.8 Å². The molecule has 0 heterocycles. The van der Waals surface area contributed by atoms with Gasteiger partial charge in [-0.25, -0.2) is 4.57 Å². The van der Waals surface area contributed by atoms with Crippen LogP contribution in [0.3, 0.4) is 0 Å². The van der Waals surface area contributed by atoms with Crippen molar-refractivity contribution >= 4 is 13.8 Å². The van der Waals surface area contributed by atoms with E-state index in [0.717, 1.165) is 135 Å². The third-order valence-corrected chi connectivity index (χ3v) is 12.6. The van der Waals surface area contributed by atoms with E-state index in [4.69, 9.17) is 18.5 Å². The Bertz CT molecular complexity index is 1570. The Labute approximate surface area is 423 Å². The summed E-state index contributed by atoms with van der Waals surface area (Å²) >= 11 is 0. The van der Waals surface area contributed by atoms with Crippen molar-refractivity contribution in [2.24, 2.45) is 0 Å². The molecule has 0 aromatic heterocycles. The molecule has 6 unspecified atom stereocenters. The molecule has 6 N–H and O–H groups in total. The molecule has 1 rings (SSSR count). The molecule has 0 aromatic carbocycles. The number of aliphatic hydroxyl groups is 5. The van der Waals surface area contributed by atoms with Crippen LogP contribution in [0.1, 0.15) is 181 Å². The van der Waals surface area contributed by atoms with Crippen molar-refractivity contribution in [3.05, 3.63) is 109 Å². The third kappa shape index (κ3) is 36.8. The minimum absolute atomic E-state index is 0.0963. The van der Waals surface area contributed by atoms with Crippen molar-refractivity contribution < 1.29 is 58.3 Å². The van der Waals surface area contributed by atoms with Gasteiger partial charge in [-0.1, -0.05) is 187 Å². The number of ether oxygens (including phenoxy) is 2. The van der Waals surface area contributed by atoms with Gasteiger partial charge in [0.25, 0.3) is 0 Å². The molecule has 6 atom stereocenters. The lowest BCUT2D eigenvalue weighted by molar-refractivity contribution is -0.220. The van der Waals surface area contributed by atoms with Gasteiger partial charge < -0.3 is 39.9 Å². The first-order chi connectivity index (χ1) is 34.0. The van der Waals surface area contributed by atoms with E-state index in [1.54, 1.807) is 0 Å². The van der Waals surface area contributed by atoms with Crippen LogP contribution in [-0.4, -0.2) is 98.9 Å². The van der Waals surface area contributed by atoms with Crippen LogP contribution in [-0.2, 0) is 27.9 Å². The lowest BCUT2D eigenvalue weighted by atomic mass is 9.85. The second kappa shape index (κ2) is 45.8. The molecular weight excluding hydrogens is 908 g/mol. The standard InChI is InChI=1S/C57H95O12P/c1-3-5-7-9-11-13-15-17-19-21-23-25-26-27-28-30-32-34-36-38-40-42-44-46-51(58)68-50(49-67-70(64,65)69-57-55(62)53(60)52(59)54(61)56(57)63)48-66-47-45-43-41-39-37-35-33-31-29-24-22-20-18-16-14-12-10-8-6-4-2/h5-8,11-14,17-20,23-25,27-29,50,52-57,59-63H,3-4,9-10,15-16,21-22,26,30-49H2,1-2H3,(H,64,65)/b7-5-,8-6-,13-11-,14-12-,19-17-,20-18-,25-23-,28-27-,29-24-. The zero-order chi connectivity index (χ0) is 51.2. The fraction of sp³-hybridized carbons (Fsp3) is 0.667. The molecule has 0 amide bonds. The van der Waals surface area contributed by atoms with Crippen LogP contribution in [0.2, 0.25) is 0 Å². The van der Waals surface area contributed by atoms with Crippen molar-refractivity contribution in [3.63, 3.8) is 0 Å². The summed E-state index contributed by atoms with van der Waals surface area (Å²) in [7, 11) is -5.04. The van der Waals surface area contributed by atoms with Crippen LogP contribution < -0.4 is 0 Å². The normalized spacial score (nSPS) is 21.8. The Morgan fingerprint density at radius 3 is 1.21 bits per heavy atom. The van der Waals surface area contributed by atoms with Gasteiger partial charge in [0, 0.05) is 13.0 Å². The monoisotopic (exact) mass is 1000 g/mol. The van der Waals surface area contributed by atoms with Gasteiger partial charge >= 0.3 is 13.8 Å². The third-order valence-electron chi connectivity index (χ3n) is 11.6. The minimum atomic E-state index is -5.04. The summed E-state index contributed by atoms with van der Waals surface area (Å²) in [4.78, 5) is 23.3. The highest BCUT2D eigenvalue weighted by atomic mass is 31.2. The van der Waals surface area contributed by atoms with Gasteiger partial charge in [-0.15, -0.1) is 0 Å². The van der Waals surface area contributed by atoms with Crippen molar-refractivity contribution in [3.8, 4) is 0 Å². The second-order valence-corrected chi connectivity index (χ2v) is 19.4. The van der Waals surface area contributed by atoms with Crippen LogP contribution in [0, 0.1) is 0 Å². The highest BCUT2D eigenvalue weighted by Crippen LogP contribution is 2.47. The summed E-state index contributed by atoms with van der Waals surface area (Å²) in [5.41, 5.74) is 0. The minimum Gasteiger partial charge on any atom is -0.457 e. The fourth-order valence-corrected chi connectivity index (χ4v) is 8.46. The van der Waals surface area contributed by atoms with Gasteiger partial charge in [0.15, 0.2) is 0 Å². The van der Waals surface area contributed by atoms with E-state index in [1.165, 1.54) is 19.3 Å². The largest absolute Gasteiger partial charge is 0.472 e. The lowest BCUT2D eigenvalue weighted by Gasteiger charge is -2.41. The van der Waals surface area contributed by atoms with Gasteiger partial charge in [-0.3, -0.25) is 13.8 Å². The highest BCUT2D eigenvalue weighted by Gasteiger charge is 2.51. The van der Waals surface area contributed by atoms with Gasteiger partial charge in [0.05, 0.1) is 13.2 Å². The molecule has 0 spiro atoms. The van der Waals surface area contributed by atoms with Crippen LogP contribution in [0.25, 0.3) is 0 Å². The SMILES string of the molecule is CC/C=C\C/C=C\C/C=C\C/C=C\C/C=C\CCCCCCCCCC(=O)OC(COCCCCCCCCC/C=C\C/C=C\C/C=C\C/C=C\CC)COP(=O)(O)OC1C(O)C(O)C(O)C(O)C1O.